The number of rotatable bonds is 4. The van der Waals surface area contributed by atoms with E-state index in [1.54, 1.807) is 0 Å². The van der Waals surface area contributed by atoms with Crippen molar-refractivity contribution >= 4 is 5.97 Å². The maximum Gasteiger partial charge on any atom is 1.00 e. The van der Waals surface area contributed by atoms with Crippen molar-refractivity contribution in [1.82, 2.24) is 0 Å². The Bertz CT molecular complexity index is 74.6. The third-order valence-corrected chi connectivity index (χ3v) is 0.789. The van der Waals surface area contributed by atoms with Crippen molar-refractivity contribution < 1.29 is 33.9 Å². The van der Waals surface area contributed by atoms with Gasteiger partial charge in [-0.3, -0.25) is 0 Å². The molecule has 0 aromatic heterocycles. The first-order chi connectivity index (χ1) is 3.77. The fourth-order valence-electron chi connectivity index (χ4n) is 0.381. The van der Waals surface area contributed by atoms with E-state index in [2.05, 4.69) is 0 Å². The summed E-state index contributed by atoms with van der Waals surface area (Å²) in [5.41, 5.74) is 0. The zero-order chi connectivity index (χ0) is 6.41. The molecule has 0 fully saturated rings. The van der Waals surface area contributed by atoms with Crippen molar-refractivity contribution in [3.63, 3.8) is 0 Å². The normalized spacial score (nSPS) is 8.11. The van der Waals surface area contributed by atoms with E-state index < -0.39 is 5.97 Å². The Balaban J connectivity index is 0. The second-order valence-electron chi connectivity index (χ2n) is 1.55. The maximum absolute atomic E-state index is 9.68. The van der Waals surface area contributed by atoms with E-state index in [0.717, 1.165) is 0 Å². The van der Waals surface area contributed by atoms with E-state index in [4.69, 9.17) is 5.11 Å². The van der Waals surface area contributed by atoms with Crippen LogP contribution in [0.2, 0.25) is 0 Å². The number of aliphatic hydroxyl groups excluding tert-OH is 1. The van der Waals surface area contributed by atoms with Gasteiger partial charge in [0.2, 0.25) is 0 Å². The summed E-state index contributed by atoms with van der Waals surface area (Å²) < 4.78 is 0. The van der Waals surface area contributed by atoms with Crippen molar-refractivity contribution in [2.45, 2.75) is 19.3 Å². The first-order valence-electron chi connectivity index (χ1n) is 2.58. The average molecular weight is 124 g/mol. The van der Waals surface area contributed by atoms with Gasteiger partial charge in [0.05, 0.1) is 0 Å². The van der Waals surface area contributed by atoms with Gasteiger partial charge in [-0.05, 0) is 19.3 Å². The predicted molar refractivity (Wildman–Crippen MR) is 25.9 cm³/mol. The molecule has 1 N–H and O–H groups in total. The molecule has 48 valence electrons. The Kier molecular flexibility index (Phi) is 10.5. The monoisotopic (exact) mass is 124 g/mol. The van der Waals surface area contributed by atoms with Gasteiger partial charge in [0.25, 0.3) is 0 Å². The zero-order valence-corrected chi connectivity index (χ0v) is 5.59. The molecule has 0 aliphatic heterocycles. The molecule has 0 unspecified atom stereocenters. The molecule has 0 atom stereocenters. The number of aliphatic carboxylic acids is 1. The van der Waals surface area contributed by atoms with Crippen molar-refractivity contribution in [2.24, 2.45) is 0 Å². The van der Waals surface area contributed by atoms with Crippen LogP contribution < -0.4 is 24.0 Å². The Hall–Kier alpha value is 0.0274. The number of carbonyl (C=O) groups is 1. The molecule has 0 radical (unpaired) electrons. The number of carbonyl (C=O) groups excluding carboxylic acids is 1. The van der Waals surface area contributed by atoms with Crippen LogP contribution in [-0.2, 0) is 4.79 Å². The largest absolute Gasteiger partial charge is 1.00 e. The minimum absolute atomic E-state index is 0. The minimum atomic E-state index is -1.04. The molecule has 4 heteroatoms. The minimum Gasteiger partial charge on any atom is -0.550 e. The first kappa shape index (κ1) is 11.8. The van der Waals surface area contributed by atoms with E-state index in [9.17, 15) is 9.90 Å². The Labute approximate surface area is 66.2 Å². The molecule has 0 bridgehead atoms. The molecule has 0 amide bonds. The van der Waals surface area contributed by atoms with Gasteiger partial charge in [0, 0.05) is 12.6 Å². The summed E-state index contributed by atoms with van der Waals surface area (Å²) in [6, 6.07) is 0. The van der Waals surface area contributed by atoms with Gasteiger partial charge in [0.1, 0.15) is 0 Å². The van der Waals surface area contributed by atoms with Crippen LogP contribution in [-0.4, -0.2) is 17.7 Å². The molecule has 0 aromatic carbocycles. The van der Waals surface area contributed by atoms with E-state index in [1.165, 1.54) is 0 Å². The molecule has 0 aromatic rings. The maximum atomic E-state index is 9.68. The summed E-state index contributed by atoms with van der Waals surface area (Å²) in [6.07, 6.45) is 1.12. The van der Waals surface area contributed by atoms with Crippen LogP contribution in [0.5, 0.6) is 0 Å². The van der Waals surface area contributed by atoms with Crippen LogP contribution in [0.25, 0.3) is 0 Å². The number of hydrogen-bond donors (Lipinski definition) is 1. The van der Waals surface area contributed by atoms with Gasteiger partial charge in [-0.2, -0.15) is 0 Å². The van der Waals surface area contributed by atoms with Gasteiger partial charge in [-0.1, -0.05) is 0 Å². The summed E-state index contributed by atoms with van der Waals surface area (Å²) in [4.78, 5) is 9.68. The van der Waals surface area contributed by atoms with Crippen LogP contribution in [0, 0.1) is 0 Å². The summed E-state index contributed by atoms with van der Waals surface area (Å²) in [5.74, 6) is -1.04. The van der Waals surface area contributed by atoms with Crippen molar-refractivity contribution in [1.29, 1.82) is 0 Å². The van der Waals surface area contributed by atoms with Crippen LogP contribution in [0.4, 0.5) is 0 Å². The molecule has 0 aliphatic carbocycles. The second kappa shape index (κ2) is 8.03. The van der Waals surface area contributed by atoms with Gasteiger partial charge in [0.15, 0.2) is 0 Å². The van der Waals surface area contributed by atoms with Crippen molar-refractivity contribution in [3.05, 3.63) is 0 Å². The SMILES string of the molecule is O=C([O-])CCCCO.[Li+]. The van der Waals surface area contributed by atoms with Crippen LogP contribution >= 0.6 is 0 Å². The summed E-state index contributed by atoms with van der Waals surface area (Å²) in [7, 11) is 0. The number of carboxylic acids is 1. The molecule has 0 saturated carbocycles. The van der Waals surface area contributed by atoms with E-state index >= 15 is 0 Å². The van der Waals surface area contributed by atoms with E-state index in [0.29, 0.717) is 12.8 Å². The molecule has 3 nitrogen and oxygen atoms in total. The Morgan fingerprint density at radius 2 is 2.00 bits per heavy atom. The number of carboxylic acid groups (broad SMARTS) is 1. The van der Waals surface area contributed by atoms with Gasteiger partial charge >= 0.3 is 18.9 Å². The van der Waals surface area contributed by atoms with Gasteiger partial charge in [-0.25, -0.2) is 0 Å². The zero-order valence-electron chi connectivity index (χ0n) is 5.59. The van der Waals surface area contributed by atoms with E-state index in [-0.39, 0.29) is 31.9 Å². The number of aliphatic hydroxyl groups is 1. The van der Waals surface area contributed by atoms with Gasteiger partial charge < -0.3 is 15.0 Å². The number of hydrogen-bond acceptors (Lipinski definition) is 3. The van der Waals surface area contributed by atoms with E-state index in [1.807, 2.05) is 0 Å². The standard InChI is InChI=1S/C5H10O3.Li/c6-4-2-1-3-5(7)8;/h6H,1-4H2,(H,7,8);/q;+1/p-1. The molecule has 0 heterocycles. The van der Waals surface area contributed by atoms with Gasteiger partial charge in [-0.15, -0.1) is 0 Å². The van der Waals surface area contributed by atoms with Crippen LogP contribution in [0.3, 0.4) is 0 Å². The molecule has 0 aliphatic rings. The fraction of sp³-hybridized carbons (Fsp3) is 0.800. The molecular weight excluding hydrogens is 115 g/mol. The second-order valence-corrected chi connectivity index (χ2v) is 1.55. The third-order valence-electron chi connectivity index (χ3n) is 0.789. The average Bonchev–Trinajstić information content (AvgIpc) is 1.66. The Morgan fingerprint density at radius 1 is 1.44 bits per heavy atom. The van der Waals surface area contributed by atoms with Crippen LogP contribution in [0.1, 0.15) is 19.3 Å². The first-order valence-corrected chi connectivity index (χ1v) is 2.58. The summed E-state index contributed by atoms with van der Waals surface area (Å²) in [5, 5.41) is 17.8. The molecule has 0 rings (SSSR count). The van der Waals surface area contributed by atoms with Crippen molar-refractivity contribution in [2.75, 3.05) is 6.61 Å². The summed E-state index contributed by atoms with van der Waals surface area (Å²) >= 11 is 0. The topological polar surface area (TPSA) is 60.4 Å². The third kappa shape index (κ3) is 11.5. The fourth-order valence-corrected chi connectivity index (χ4v) is 0.381. The molecule has 0 spiro atoms. The Morgan fingerprint density at radius 3 is 2.33 bits per heavy atom. The predicted octanol–water partition coefficient (Wildman–Crippen LogP) is -4.10. The van der Waals surface area contributed by atoms with Crippen LogP contribution in [0.15, 0.2) is 0 Å². The summed E-state index contributed by atoms with van der Waals surface area (Å²) in [6.45, 7) is 0.0628. The molecular formula is C5H9LiO3. The molecule has 9 heavy (non-hydrogen) atoms. The smallest absolute Gasteiger partial charge is 0.550 e. The van der Waals surface area contributed by atoms with Crippen molar-refractivity contribution in [3.8, 4) is 0 Å². The quantitative estimate of drug-likeness (QED) is 0.306. The number of unbranched alkanes of at least 4 members (excludes halogenated alkanes) is 1. The molecule has 0 saturated heterocycles.